The maximum Gasteiger partial charge on any atom is 0.292 e. The number of nitro groups is 1. The summed E-state index contributed by atoms with van der Waals surface area (Å²) in [6, 6.07) is 4.65. The van der Waals surface area contributed by atoms with Crippen LogP contribution >= 0.6 is 0 Å². The van der Waals surface area contributed by atoms with Gasteiger partial charge in [0.05, 0.1) is 10.8 Å². The predicted octanol–water partition coefficient (Wildman–Crippen LogP) is 2.25. The summed E-state index contributed by atoms with van der Waals surface area (Å²) in [4.78, 5) is 17.1. The first-order valence-corrected chi connectivity index (χ1v) is 7.13. The fourth-order valence-electron chi connectivity index (χ4n) is 2.82. The van der Waals surface area contributed by atoms with E-state index in [9.17, 15) is 10.1 Å². The van der Waals surface area contributed by atoms with E-state index in [-0.39, 0.29) is 16.5 Å². The zero-order valence-electron chi connectivity index (χ0n) is 12.2. The third-order valence-electron chi connectivity index (χ3n) is 3.85. The molecule has 0 unspecified atom stereocenters. The lowest BCUT2D eigenvalue weighted by atomic mass is 9.97. The second-order valence-electron chi connectivity index (χ2n) is 5.47. The minimum absolute atomic E-state index is 0.0663. The van der Waals surface area contributed by atoms with Crippen LogP contribution in [0, 0.1) is 17.0 Å². The monoisotopic (exact) mass is 303 g/mol. The van der Waals surface area contributed by atoms with E-state index < -0.39 is 0 Å². The molecular formula is C14H17N5O3. The molecular weight excluding hydrogens is 286 g/mol. The molecule has 8 nitrogen and oxygen atoms in total. The lowest BCUT2D eigenvalue weighted by molar-refractivity contribution is -0.384. The Bertz CT molecular complexity index is 700. The van der Waals surface area contributed by atoms with Crippen molar-refractivity contribution in [2.45, 2.75) is 25.7 Å². The van der Waals surface area contributed by atoms with Gasteiger partial charge in [0.15, 0.2) is 5.82 Å². The summed E-state index contributed by atoms with van der Waals surface area (Å²) in [5, 5.41) is 15.0. The van der Waals surface area contributed by atoms with Gasteiger partial charge in [-0.1, -0.05) is 5.16 Å². The number of hydrogen-bond donors (Lipinski definition) is 1. The molecule has 116 valence electrons. The second kappa shape index (κ2) is 5.63. The molecule has 2 heterocycles. The number of benzene rings is 1. The molecule has 1 atom stereocenters. The Hall–Kier alpha value is -2.64. The van der Waals surface area contributed by atoms with Crippen LogP contribution in [0.5, 0.6) is 0 Å². The summed E-state index contributed by atoms with van der Waals surface area (Å²) in [5.41, 5.74) is 6.92. The highest BCUT2D eigenvalue weighted by Crippen LogP contribution is 2.35. The van der Waals surface area contributed by atoms with E-state index in [0.717, 1.165) is 19.4 Å². The van der Waals surface area contributed by atoms with Gasteiger partial charge in [-0.2, -0.15) is 4.98 Å². The van der Waals surface area contributed by atoms with E-state index in [2.05, 4.69) is 10.1 Å². The molecule has 1 aromatic carbocycles. The van der Waals surface area contributed by atoms with Gasteiger partial charge in [0.1, 0.15) is 5.69 Å². The number of aromatic nitrogens is 2. The SMILES string of the molecule is Cc1noc([C@H]2CCCN(c3cc(N)ccc3[N+](=O)[O-])C2)n1. The molecule has 0 aliphatic carbocycles. The van der Waals surface area contributed by atoms with Crippen LogP contribution in [0.3, 0.4) is 0 Å². The molecule has 22 heavy (non-hydrogen) atoms. The Balaban J connectivity index is 1.89. The van der Waals surface area contributed by atoms with E-state index in [1.54, 1.807) is 19.1 Å². The van der Waals surface area contributed by atoms with E-state index in [1.807, 2.05) is 4.90 Å². The van der Waals surface area contributed by atoms with Crippen molar-refractivity contribution in [3.8, 4) is 0 Å². The van der Waals surface area contributed by atoms with Crippen LogP contribution in [0.15, 0.2) is 22.7 Å². The first-order chi connectivity index (χ1) is 10.5. The number of nitrogens with two attached hydrogens (primary N) is 1. The normalized spacial score (nSPS) is 18.4. The molecule has 1 fully saturated rings. The Labute approximate surface area is 127 Å². The molecule has 8 heteroatoms. The third kappa shape index (κ3) is 2.72. The molecule has 2 aromatic rings. The second-order valence-corrected chi connectivity index (χ2v) is 5.47. The largest absolute Gasteiger partial charge is 0.399 e. The van der Waals surface area contributed by atoms with Gasteiger partial charge in [-0.3, -0.25) is 10.1 Å². The number of anilines is 2. The molecule has 0 spiro atoms. The van der Waals surface area contributed by atoms with Gasteiger partial charge in [-0.05, 0) is 31.9 Å². The third-order valence-corrected chi connectivity index (χ3v) is 3.85. The summed E-state index contributed by atoms with van der Waals surface area (Å²) in [7, 11) is 0. The Morgan fingerprint density at radius 1 is 1.50 bits per heavy atom. The Morgan fingerprint density at radius 3 is 3.00 bits per heavy atom. The minimum Gasteiger partial charge on any atom is -0.399 e. The van der Waals surface area contributed by atoms with E-state index >= 15 is 0 Å². The van der Waals surface area contributed by atoms with Crippen LogP contribution in [-0.2, 0) is 0 Å². The zero-order valence-corrected chi connectivity index (χ0v) is 12.2. The van der Waals surface area contributed by atoms with Gasteiger partial charge >= 0.3 is 0 Å². The van der Waals surface area contributed by atoms with Gasteiger partial charge in [-0.25, -0.2) is 0 Å². The number of rotatable bonds is 3. The Morgan fingerprint density at radius 2 is 2.32 bits per heavy atom. The first-order valence-electron chi connectivity index (χ1n) is 7.13. The smallest absolute Gasteiger partial charge is 0.292 e. The predicted molar refractivity (Wildman–Crippen MR) is 80.7 cm³/mol. The quantitative estimate of drug-likeness (QED) is 0.525. The van der Waals surface area contributed by atoms with Crippen molar-refractivity contribution in [3.63, 3.8) is 0 Å². The molecule has 1 aromatic heterocycles. The van der Waals surface area contributed by atoms with Crippen LogP contribution in [0.4, 0.5) is 17.1 Å². The molecule has 1 aliphatic heterocycles. The van der Waals surface area contributed by atoms with Crippen molar-refractivity contribution in [1.82, 2.24) is 10.1 Å². The standard InChI is InChI=1S/C14H17N5O3/c1-9-16-14(22-17-9)10-3-2-6-18(8-10)13-7-11(15)4-5-12(13)19(20)21/h4-5,7,10H,2-3,6,8,15H2,1H3/t10-/m0/s1. The highest BCUT2D eigenvalue weighted by Gasteiger charge is 2.29. The number of piperidine rings is 1. The first kappa shape index (κ1) is 14.3. The van der Waals surface area contributed by atoms with Crippen LogP contribution in [0.25, 0.3) is 0 Å². The molecule has 0 bridgehead atoms. The van der Waals surface area contributed by atoms with Gasteiger partial charge < -0.3 is 15.2 Å². The fourth-order valence-corrected chi connectivity index (χ4v) is 2.82. The van der Waals surface area contributed by atoms with Crippen molar-refractivity contribution in [3.05, 3.63) is 40.0 Å². The van der Waals surface area contributed by atoms with Crippen LogP contribution in [0.1, 0.15) is 30.5 Å². The number of aryl methyl sites for hydroxylation is 1. The lowest BCUT2D eigenvalue weighted by Crippen LogP contribution is -2.35. The molecule has 0 radical (unpaired) electrons. The van der Waals surface area contributed by atoms with E-state index in [4.69, 9.17) is 10.3 Å². The number of hydrogen-bond acceptors (Lipinski definition) is 7. The fraction of sp³-hybridized carbons (Fsp3) is 0.429. The summed E-state index contributed by atoms with van der Waals surface area (Å²) >= 11 is 0. The van der Waals surface area contributed by atoms with E-state index in [0.29, 0.717) is 29.6 Å². The van der Waals surface area contributed by atoms with Gasteiger partial charge in [0.2, 0.25) is 5.89 Å². The van der Waals surface area contributed by atoms with E-state index in [1.165, 1.54) is 6.07 Å². The average Bonchev–Trinajstić information content (AvgIpc) is 2.93. The molecule has 1 aliphatic rings. The van der Waals surface area contributed by atoms with Gasteiger partial charge in [0.25, 0.3) is 5.69 Å². The maximum atomic E-state index is 11.2. The minimum atomic E-state index is -0.380. The number of nitrogens with zero attached hydrogens (tertiary/aromatic N) is 4. The maximum absolute atomic E-state index is 11.2. The number of nitro benzene ring substituents is 1. The molecule has 3 rings (SSSR count). The summed E-state index contributed by atoms with van der Waals surface area (Å²) in [6.45, 7) is 3.12. The van der Waals surface area contributed by atoms with Crippen molar-refractivity contribution >= 4 is 17.1 Å². The highest BCUT2D eigenvalue weighted by atomic mass is 16.6. The molecule has 0 amide bonds. The summed E-state index contributed by atoms with van der Waals surface area (Å²) in [6.07, 6.45) is 1.83. The molecule has 0 saturated carbocycles. The van der Waals surface area contributed by atoms with Crippen molar-refractivity contribution in [2.24, 2.45) is 0 Å². The van der Waals surface area contributed by atoms with Crippen LogP contribution in [0.2, 0.25) is 0 Å². The summed E-state index contributed by atoms with van der Waals surface area (Å²) in [5.74, 6) is 1.27. The zero-order chi connectivity index (χ0) is 15.7. The van der Waals surface area contributed by atoms with Crippen LogP contribution < -0.4 is 10.6 Å². The van der Waals surface area contributed by atoms with Crippen molar-refractivity contribution in [1.29, 1.82) is 0 Å². The number of nitrogen functional groups attached to an aromatic ring is 1. The Kier molecular flexibility index (Phi) is 3.66. The molecule has 2 N–H and O–H groups in total. The summed E-state index contributed by atoms with van der Waals surface area (Å²) < 4.78 is 5.24. The van der Waals surface area contributed by atoms with Crippen LogP contribution in [-0.4, -0.2) is 28.2 Å². The van der Waals surface area contributed by atoms with Crippen molar-refractivity contribution in [2.75, 3.05) is 23.7 Å². The highest BCUT2D eigenvalue weighted by molar-refractivity contribution is 5.69. The van der Waals surface area contributed by atoms with Crippen molar-refractivity contribution < 1.29 is 9.45 Å². The van der Waals surface area contributed by atoms with Gasteiger partial charge in [0, 0.05) is 24.8 Å². The lowest BCUT2D eigenvalue weighted by Gasteiger charge is -2.32. The molecule has 1 saturated heterocycles. The average molecular weight is 303 g/mol. The van der Waals surface area contributed by atoms with Gasteiger partial charge in [-0.15, -0.1) is 0 Å². The topological polar surface area (TPSA) is 111 Å².